The Morgan fingerprint density at radius 3 is 3.00 bits per heavy atom. The van der Waals surface area contributed by atoms with E-state index in [1.54, 1.807) is 0 Å². The second kappa shape index (κ2) is 4.43. The molecule has 0 saturated carbocycles. The van der Waals surface area contributed by atoms with Crippen LogP contribution in [0.15, 0.2) is 12.1 Å². The van der Waals surface area contributed by atoms with E-state index in [1.807, 2.05) is 11.3 Å². The monoisotopic (exact) mass is 210 g/mol. The Kier molecular flexibility index (Phi) is 3.21. The minimum Gasteiger partial charge on any atom is -0.308 e. The van der Waals surface area contributed by atoms with Crippen LogP contribution in [0.25, 0.3) is 0 Å². The van der Waals surface area contributed by atoms with Crippen molar-refractivity contribution in [3.05, 3.63) is 21.9 Å². The summed E-state index contributed by atoms with van der Waals surface area (Å²) in [6.07, 6.45) is 1.29. The molecule has 1 aliphatic heterocycles. The highest BCUT2D eigenvalue weighted by molar-refractivity contribution is 7.11. The molecule has 2 rings (SSSR count). The van der Waals surface area contributed by atoms with E-state index in [2.05, 4.69) is 36.3 Å². The number of thiophene rings is 1. The normalized spacial score (nSPS) is 23.1. The Balaban J connectivity index is 1.77. The maximum atomic E-state index is 3.61. The quantitative estimate of drug-likeness (QED) is 0.819. The van der Waals surface area contributed by atoms with Crippen LogP contribution in [0.4, 0.5) is 0 Å². The van der Waals surface area contributed by atoms with Crippen LogP contribution >= 0.6 is 11.3 Å². The van der Waals surface area contributed by atoms with Gasteiger partial charge in [0.2, 0.25) is 0 Å². The number of likely N-dealkylation sites (tertiary alicyclic amines) is 1. The van der Waals surface area contributed by atoms with Gasteiger partial charge < -0.3 is 10.2 Å². The van der Waals surface area contributed by atoms with Crippen molar-refractivity contribution >= 4 is 11.3 Å². The molecule has 1 saturated heterocycles. The highest BCUT2D eigenvalue weighted by Crippen LogP contribution is 2.15. The van der Waals surface area contributed by atoms with Crippen molar-refractivity contribution in [3.8, 4) is 0 Å². The van der Waals surface area contributed by atoms with Crippen LogP contribution in [-0.4, -0.2) is 31.1 Å². The molecule has 1 aromatic rings. The van der Waals surface area contributed by atoms with E-state index in [1.165, 1.54) is 29.3 Å². The van der Waals surface area contributed by atoms with Crippen molar-refractivity contribution in [2.75, 3.05) is 20.1 Å². The summed E-state index contributed by atoms with van der Waals surface area (Å²) in [6.45, 7) is 5.64. The third-order valence-electron chi connectivity index (χ3n) is 2.75. The molecule has 2 nitrogen and oxygen atoms in total. The molecule has 3 heteroatoms. The van der Waals surface area contributed by atoms with Gasteiger partial charge in [-0.1, -0.05) is 0 Å². The lowest BCUT2D eigenvalue weighted by Crippen LogP contribution is -2.30. The van der Waals surface area contributed by atoms with Gasteiger partial charge in [0.25, 0.3) is 0 Å². The fourth-order valence-electron chi connectivity index (χ4n) is 1.93. The van der Waals surface area contributed by atoms with Crippen molar-refractivity contribution in [1.29, 1.82) is 0 Å². The number of aryl methyl sites for hydroxylation is 1. The molecule has 1 aromatic heterocycles. The molecule has 0 amide bonds. The van der Waals surface area contributed by atoms with Gasteiger partial charge in [-0.2, -0.15) is 0 Å². The zero-order valence-electron chi connectivity index (χ0n) is 8.92. The molecule has 0 spiro atoms. The molecule has 1 fully saturated rings. The molecule has 14 heavy (non-hydrogen) atoms. The first kappa shape index (κ1) is 10.1. The van der Waals surface area contributed by atoms with E-state index in [9.17, 15) is 0 Å². The lowest BCUT2D eigenvalue weighted by Gasteiger charge is -2.11. The van der Waals surface area contributed by atoms with Crippen LogP contribution in [0.3, 0.4) is 0 Å². The zero-order chi connectivity index (χ0) is 9.97. The van der Waals surface area contributed by atoms with E-state index in [-0.39, 0.29) is 0 Å². The molecule has 1 N–H and O–H groups in total. The second-order valence-corrected chi connectivity index (χ2v) is 5.51. The smallest absolute Gasteiger partial charge is 0.0302 e. The average Bonchev–Trinajstić information content (AvgIpc) is 2.72. The topological polar surface area (TPSA) is 15.3 Å². The highest BCUT2D eigenvalue weighted by Gasteiger charge is 2.18. The average molecular weight is 210 g/mol. The van der Waals surface area contributed by atoms with Gasteiger partial charge in [0, 0.05) is 28.9 Å². The first-order valence-electron chi connectivity index (χ1n) is 5.21. The third kappa shape index (κ3) is 2.56. The second-order valence-electron chi connectivity index (χ2n) is 4.14. The zero-order valence-corrected chi connectivity index (χ0v) is 9.73. The first-order valence-corrected chi connectivity index (χ1v) is 6.03. The van der Waals surface area contributed by atoms with E-state index < -0.39 is 0 Å². The fourth-order valence-corrected chi connectivity index (χ4v) is 2.77. The van der Waals surface area contributed by atoms with Crippen LogP contribution in [0.5, 0.6) is 0 Å². The van der Waals surface area contributed by atoms with Crippen molar-refractivity contribution in [2.45, 2.75) is 25.9 Å². The van der Waals surface area contributed by atoms with Gasteiger partial charge in [-0.3, -0.25) is 0 Å². The Labute approximate surface area is 89.9 Å². The summed E-state index contributed by atoms with van der Waals surface area (Å²) in [6, 6.07) is 5.12. The van der Waals surface area contributed by atoms with Gasteiger partial charge in [-0.25, -0.2) is 0 Å². The molecule has 2 heterocycles. The number of nitrogens with zero attached hydrogens (tertiary/aromatic N) is 1. The minimum absolute atomic E-state index is 0.697. The van der Waals surface area contributed by atoms with Crippen LogP contribution in [0.1, 0.15) is 16.2 Å². The van der Waals surface area contributed by atoms with Gasteiger partial charge in [-0.15, -0.1) is 11.3 Å². The number of hydrogen-bond donors (Lipinski definition) is 1. The minimum atomic E-state index is 0.697. The van der Waals surface area contributed by atoms with Crippen molar-refractivity contribution in [3.63, 3.8) is 0 Å². The summed E-state index contributed by atoms with van der Waals surface area (Å²) in [5, 5.41) is 3.61. The molecule has 1 atom stereocenters. The Hall–Kier alpha value is -0.380. The Morgan fingerprint density at radius 2 is 2.43 bits per heavy atom. The van der Waals surface area contributed by atoms with Crippen LogP contribution in [-0.2, 0) is 6.54 Å². The predicted octanol–water partition coefficient (Wildman–Crippen LogP) is 1.85. The van der Waals surface area contributed by atoms with E-state index >= 15 is 0 Å². The molecular formula is C11H18N2S. The molecule has 78 valence electrons. The summed E-state index contributed by atoms with van der Waals surface area (Å²) in [4.78, 5) is 5.25. The number of nitrogens with one attached hydrogen (secondary N) is 1. The van der Waals surface area contributed by atoms with E-state index in [4.69, 9.17) is 0 Å². The molecule has 0 bridgehead atoms. The standard InChI is InChI=1S/C11H18N2S/c1-9-3-4-11(14-9)7-12-10-5-6-13(2)8-10/h3-4,10,12H,5-8H2,1-2H3/t10-/m1/s1. The molecule has 0 radical (unpaired) electrons. The maximum Gasteiger partial charge on any atom is 0.0302 e. The van der Waals surface area contributed by atoms with Crippen molar-refractivity contribution < 1.29 is 0 Å². The van der Waals surface area contributed by atoms with Gasteiger partial charge in [0.15, 0.2) is 0 Å². The van der Waals surface area contributed by atoms with Crippen molar-refractivity contribution in [2.24, 2.45) is 0 Å². The van der Waals surface area contributed by atoms with Crippen LogP contribution < -0.4 is 5.32 Å². The lowest BCUT2D eigenvalue weighted by atomic mass is 10.2. The molecular weight excluding hydrogens is 192 g/mol. The molecule has 0 unspecified atom stereocenters. The summed E-state index contributed by atoms with van der Waals surface area (Å²) in [5.74, 6) is 0. The Bertz CT molecular complexity index is 295. The van der Waals surface area contributed by atoms with Gasteiger partial charge >= 0.3 is 0 Å². The number of likely N-dealkylation sites (N-methyl/N-ethyl adjacent to an activating group) is 1. The van der Waals surface area contributed by atoms with Gasteiger partial charge in [0.1, 0.15) is 0 Å². The predicted molar refractivity (Wildman–Crippen MR) is 61.8 cm³/mol. The Morgan fingerprint density at radius 1 is 1.57 bits per heavy atom. The van der Waals surface area contributed by atoms with Gasteiger partial charge in [-0.05, 0) is 39.1 Å². The molecule has 1 aliphatic rings. The van der Waals surface area contributed by atoms with Gasteiger partial charge in [0.05, 0.1) is 0 Å². The third-order valence-corrected chi connectivity index (χ3v) is 3.75. The SMILES string of the molecule is Cc1ccc(CN[C@@H]2CCN(C)C2)s1. The lowest BCUT2D eigenvalue weighted by molar-refractivity contribution is 0.398. The summed E-state index contributed by atoms with van der Waals surface area (Å²) in [7, 11) is 2.19. The summed E-state index contributed by atoms with van der Waals surface area (Å²) in [5.41, 5.74) is 0. The first-order chi connectivity index (χ1) is 6.74. The summed E-state index contributed by atoms with van der Waals surface area (Å²) < 4.78 is 0. The van der Waals surface area contributed by atoms with Crippen molar-refractivity contribution in [1.82, 2.24) is 10.2 Å². The molecule has 0 aromatic carbocycles. The number of hydrogen-bond acceptors (Lipinski definition) is 3. The van der Waals surface area contributed by atoms with Crippen LogP contribution in [0, 0.1) is 6.92 Å². The number of rotatable bonds is 3. The molecule has 0 aliphatic carbocycles. The fraction of sp³-hybridized carbons (Fsp3) is 0.636. The van der Waals surface area contributed by atoms with Crippen LogP contribution in [0.2, 0.25) is 0 Å². The summed E-state index contributed by atoms with van der Waals surface area (Å²) >= 11 is 1.90. The highest BCUT2D eigenvalue weighted by atomic mass is 32.1. The van der Waals surface area contributed by atoms with E-state index in [0.29, 0.717) is 6.04 Å². The maximum absolute atomic E-state index is 3.61. The van der Waals surface area contributed by atoms with E-state index in [0.717, 1.165) is 6.54 Å². The largest absolute Gasteiger partial charge is 0.308 e.